The van der Waals surface area contributed by atoms with Crippen LogP contribution in [0.1, 0.15) is 47.6 Å². The zero-order chi connectivity index (χ0) is 30.7. The Labute approximate surface area is 278 Å². The van der Waals surface area contributed by atoms with E-state index in [0.717, 1.165) is 52.8 Å². The summed E-state index contributed by atoms with van der Waals surface area (Å²) < 4.78 is 17.3. The van der Waals surface area contributed by atoms with Gasteiger partial charge in [0.1, 0.15) is 0 Å². The van der Waals surface area contributed by atoms with E-state index in [1.54, 1.807) is 16.4 Å². The minimum absolute atomic E-state index is 0.00426. The second-order valence-corrected chi connectivity index (χ2v) is 14.8. The van der Waals surface area contributed by atoms with Crippen molar-refractivity contribution in [2.24, 2.45) is 11.0 Å². The number of hydrazone groups is 1. The Balaban J connectivity index is 1.54. The largest absolute Gasteiger partial charge is 0.290 e. The standard InChI is InChI=1S/C36H29Cl4N2OP/c37-30-18-14-25(15-19-30)22-29-12-7-13-32-35(29)41-42(36(32)28-16-20-31(38)21-17-28)44(43,23-33(39)26-8-3-1-4-9-26)24-34(40)27-10-5-2-6-11-27/h1-6,8-11,14-24,32,36H,7,12-13H2/b29-22-,33-23+,34-24?. The third-order valence-corrected chi connectivity index (χ3v) is 11.6. The summed E-state index contributed by atoms with van der Waals surface area (Å²) >= 11 is 26.3. The maximum Gasteiger partial charge on any atom is 0.234 e. The van der Waals surface area contributed by atoms with Crippen LogP contribution in [0.2, 0.25) is 10.0 Å². The van der Waals surface area contributed by atoms with Crippen molar-refractivity contribution < 1.29 is 4.57 Å². The van der Waals surface area contributed by atoms with E-state index in [4.69, 9.17) is 51.5 Å². The molecule has 44 heavy (non-hydrogen) atoms. The molecule has 1 fully saturated rings. The van der Waals surface area contributed by atoms with Gasteiger partial charge < -0.3 is 0 Å². The molecule has 0 aromatic heterocycles. The smallest absolute Gasteiger partial charge is 0.234 e. The van der Waals surface area contributed by atoms with Crippen LogP contribution < -0.4 is 0 Å². The maximum absolute atomic E-state index is 15.5. The van der Waals surface area contributed by atoms with E-state index in [1.807, 2.05) is 109 Å². The Morgan fingerprint density at radius 1 is 0.750 bits per heavy atom. The first-order valence-electron chi connectivity index (χ1n) is 14.4. The molecule has 2 aliphatic rings. The Kier molecular flexibility index (Phi) is 9.52. The lowest BCUT2D eigenvalue weighted by atomic mass is 9.78. The Morgan fingerprint density at radius 2 is 1.27 bits per heavy atom. The average Bonchev–Trinajstić information content (AvgIpc) is 3.45. The summed E-state index contributed by atoms with van der Waals surface area (Å²) in [5, 5.41) is 7.25. The van der Waals surface area contributed by atoms with Gasteiger partial charge in [-0.1, -0.05) is 131 Å². The highest BCUT2D eigenvalue weighted by atomic mass is 35.5. The number of benzene rings is 4. The van der Waals surface area contributed by atoms with Crippen LogP contribution in [0.5, 0.6) is 0 Å². The lowest BCUT2D eigenvalue weighted by Gasteiger charge is -2.33. The monoisotopic (exact) mass is 676 g/mol. The number of fused-ring (bicyclic) bond motifs is 1. The van der Waals surface area contributed by atoms with Crippen molar-refractivity contribution in [3.63, 3.8) is 0 Å². The van der Waals surface area contributed by atoms with Crippen LogP contribution in [0.3, 0.4) is 0 Å². The molecule has 0 saturated heterocycles. The van der Waals surface area contributed by atoms with Gasteiger partial charge in [-0.2, -0.15) is 5.10 Å². The second kappa shape index (κ2) is 13.5. The molecule has 0 spiro atoms. The van der Waals surface area contributed by atoms with Gasteiger partial charge >= 0.3 is 0 Å². The van der Waals surface area contributed by atoms with Crippen LogP contribution >= 0.6 is 53.7 Å². The first-order chi connectivity index (χ1) is 21.3. The fourth-order valence-corrected chi connectivity index (χ4v) is 9.34. The normalized spacial score (nSPS) is 21.1. The van der Waals surface area contributed by atoms with Gasteiger partial charge in [0, 0.05) is 27.6 Å². The van der Waals surface area contributed by atoms with E-state index in [-0.39, 0.29) is 12.0 Å². The van der Waals surface area contributed by atoms with Crippen LogP contribution in [0.25, 0.3) is 16.1 Å². The third-order valence-electron chi connectivity index (χ3n) is 7.92. The van der Waals surface area contributed by atoms with Crippen LogP contribution in [-0.4, -0.2) is 10.5 Å². The summed E-state index contributed by atoms with van der Waals surface area (Å²) in [6, 6.07) is 34.2. The molecule has 0 radical (unpaired) electrons. The van der Waals surface area contributed by atoms with Gasteiger partial charge in [-0.15, -0.1) is 0 Å². The first-order valence-corrected chi connectivity index (χ1v) is 17.7. The van der Waals surface area contributed by atoms with Crippen molar-refractivity contribution in [1.29, 1.82) is 0 Å². The second-order valence-electron chi connectivity index (χ2n) is 10.9. The molecule has 6 rings (SSSR count). The highest BCUT2D eigenvalue weighted by Crippen LogP contribution is 2.64. The zero-order valence-electron chi connectivity index (χ0n) is 23.7. The van der Waals surface area contributed by atoms with Crippen molar-refractivity contribution in [2.75, 3.05) is 0 Å². The minimum atomic E-state index is -3.65. The molecule has 3 nitrogen and oxygen atoms in total. The summed E-state index contributed by atoms with van der Waals surface area (Å²) in [7, 11) is -3.65. The number of hydrogen-bond acceptors (Lipinski definition) is 2. The molecule has 0 amide bonds. The van der Waals surface area contributed by atoms with Gasteiger partial charge in [-0.3, -0.25) is 4.57 Å². The lowest BCUT2D eigenvalue weighted by Crippen LogP contribution is -2.26. The van der Waals surface area contributed by atoms with E-state index in [2.05, 4.69) is 6.08 Å². The lowest BCUT2D eigenvalue weighted by molar-refractivity contribution is 0.315. The number of hydrogen-bond donors (Lipinski definition) is 0. The summed E-state index contributed by atoms with van der Waals surface area (Å²) in [5.41, 5.74) is 5.58. The van der Waals surface area contributed by atoms with Crippen LogP contribution in [-0.2, 0) is 4.57 Å². The molecule has 0 bridgehead atoms. The van der Waals surface area contributed by atoms with E-state index in [9.17, 15) is 0 Å². The van der Waals surface area contributed by atoms with Crippen molar-refractivity contribution in [3.05, 3.63) is 159 Å². The van der Waals surface area contributed by atoms with E-state index >= 15 is 4.57 Å². The third kappa shape index (κ3) is 6.79. The summed E-state index contributed by atoms with van der Waals surface area (Å²) in [4.78, 5) is 0. The van der Waals surface area contributed by atoms with Gasteiger partial charge in [0.25, 0.3) is 0 Å². The van der Waals surface area contributed by atoms with Gasteiger partial charge in [0.15, 0.2) is 0 Å². The summed E-state index contributed by atoms with van der Waals surface area (Å²) in [6.07, 6.45) is 4.90. The van der Waals surface area contributed by atoms with Gasteiger partial charge in [-0.05, 0) is 77.4 Å². The highest BCUT2D eigenvalue weighted by molar-refractivity contribution is 7.68. The van der Waals surface area contributed by atoms with E-state index in [1.165, 1.54) is 0 Å². The Bertz CT molecular complexity index is 1740. The quantitative estimate of drug-likeness (QED) is 0.182. The molecule has 3 atom stereocenters. The van der Waals surface area contributed by atoms with E-state index in [0.29, 0.717) is 20.1 Å². The SMILES string of the molecule is O=P(C=C(Cl)c1ccccc1)(/C=C(/Cl)c1ccccc1)N1N=C2/C(=C\c3ccc(Cl)cc3)CCCC2C1c1ccc(Cl)cc1. The predicted octanol–water partition coefficient (Wildman–Crippen LogP) is 12.3. The number of nitrogens with zero attached hydrogens (tertiary/aromatic N) is 2. The molecule has 222 valence electrons. The van der Waals surface area contributed by atoms with Gasteiger partial charge in [0.05, 0.1) is 21.8 Å². The minimum Gasteiger partial charge on any atom is -0.290 e. The summed E-state index contributed by atoms with van der Waals surface area (Å²) in [5.74, 6) is 3.26. The van der Waals surface area contributed by atoms with E-state index < -0.39 is 7.29 Å². The highest BCUT2D eigenvalue weighted by Gasteiger charge is 2.47. The van der Waals surface area contributed by atoms with Crippen molar-refractivity contribution in [2.45, 2.75) is 25.3 Å². The molecule has 1 heterocycles. The summed E-state index contributed by atoms with van der Waals surface area (Å²) in [6.45, 7) is 0. The van der Waals surface area contributed by atoms with Crippen LogP contribution in [0, 0.1) is 5.92 Å². The van der Waals surface area contributed by atoms with Gasteiger partial charge in [0.2, 0.25) is 7.29 Å². The molecule has 1 aliphatic carbocycles. The predicted molar refractivity (Wildman–Crippen MR) is 188 cm³/mol. The molecule has 0 N–H and O–H groups in total. The number of rotatable bonds is 7. The fourth-order valence-electron chi connectivity index (χ4n) is 5.82. The molecule has 3 unspecified atom stereocenters. The topological polar surface area (TPSA) is 32.7 Å². The van der Waals surface area contributed by atoms with Crippen LogP contribution in [0.4, 0.5) is 0 Å². The maximum atomic E-state index is 15.5. The molecule has 1 aliphatic heterocycles. The molecular weight excluding hydrogens is 649 g/mol. The molecule has 8 heteroatoms. The van der Waals surface area contributed by atoms with Crippen molar-refractivity contribution in [1.82, 2.24) is 4.78 Å². The average molecular weight is 678 g/mol. The number of allylic oxidation sites excluding steroid dienone is 1. The first kappa shape index (κ1) is 31.0. The van der Waals surface area contributed by atoms with Crippen molar-refractivity contribution in [3.8, 4) is 0 Å². The molecular formula is C36H29Cl4N2OP. The van der Waals surface area contributed by atoms with Crippen LogP contribution in [0.15, 0.2) is 132 Å². The Hall–Kier alpha value is -3.04. The number of halogens is 4. The van der Waals surface area contributed by atoms with Gasteiger partial charge in [-0.25, -0.2) is 4.78 Å². The molecule has 4 aromatic rings. The zero-order valence-corrected chi connectivity index (χ0v) is 27.6. The molecule has 1 saturated carbocycles. The molecule has 4 aromatic carbocycles. The van der Waals surface area contributed by atoms with Crippen molar-refractivity contribution >= 4 is 75.5 Å². The fraction of sp³-hybridized carbons (Fsp3) is 0.139. The Morgan fingerprint density at radius 3 is 1.82 bits per heavy atom.